The number of benzene rings is 4. The van der Waals surface area contributed by atoms with Gasteiger partial charge in [-0.05, 0) is 66.4 Å². The molecule has 0 atom stereocenters. The van der Waals surface area contributed by atoms with Crippen LogP contribution >= 0.6 is 0 Å². The largest absolute Gasteiger partial charge is 0.326 e. The number of aromatic amines is 1. The molecule has 1 saturated heterocycles. The Morgan fingerprint density at radius 3 is 2.44 bits per heavy atom. The van der Waals surface area contributed by atoms with Crippen molar-refractivity contribution >= 4 is 28.2 Å². The fourth-order valence-electron chi connectivity index (χ4n) is 6.14. The Morgan fingerprint density at radius 2 is 1.66 bits per heavy atom. The van der Waals surface area contributed by atoms with Gasteiger partial charge in [0.05, 0.1) is 34.9 Å². The Kier molecular flexibility index (Phi) is 6.46. The summed E-state index contributed by atoms with van der Waals surface area (Å²) in [5.74, 6) is 0.907. The van der Waals surface area contributed by atoms with Crippen LogP contribution in [0.2, 0.25) is 0 Å². The van der Waals surface area contributed by atoms with Gasteiger partial charge < -0.3 is 9.88 Å². The molecule has 2 aliphatic heterocycles. The molecule has 0 spiro atoms. The van der Waals surface area contributed by atoms with Crippen molar-refractivity contribution in [3.05, 3.63) is 130 Å². The van der Waals surface area contributed by atoms with Crippen LogP contribution < -0.4 is 10.6 Å². The zero-order valence-electron chi connectivity index (χ0n) is 22.7. The van der Waals surface area contributed by atoms with Gasteiger partial charge in [-0.2, -0.15) is 5.26 Å². The molecular weight excluding hydrogens is 508 g/mol. The number of imidazole rings is 1. The number of nitrogens with zero attached hydrogens (tertiary/aromatic N) is 5. The number of hydrogen-bond acceptors (Lipinski definition) is 5. The van der Waals surface area contributed by atoms with Gasteiger partial charge in [-0.3, -0.25) is 9.47 Å². The number of nitrogens with one attached hydrogen (secondary N) is 1. The lowest BCUT2D eigenvalue weighted by atomic mass is 10.0. The Labute approximate surface area is 238 Å². The maximum absolute atomic E-state index is 12.7. The summed E-state index contributed by atoms with van der Waals surface area (Å²) in [6.07, 6.45) is 1.91. The number of rotatable bonds is 5. The number of piperidine rings is 1. The normalized spacial score (nSPS) is 15.9. The summed E-state index contributed by atoms with van der Waals surface area (Å²) in [4.78, 5) is 25.4. The summed E-state index contributed by atoms with van der Waals surface area (Å²) >= 11 is 0. The molecule has 0 unspecified atom stereocenters. The minimum atomic E-state index is -0.0106. The first-order valence-electron chi connectivity index (χ1n) is 14.1. The van der Waals surface area contributed by atoms with Crippen LogP contribution in [0.1, 0.15) is 41.1 Å². The minimum Gasteiger partial charge on any atom is -0.321 e. The van der Waals surface area contributed by atoms with Crippen molar-refractivity contribution in [2.24, 2.45) is 4.99 Å². The number of para-hydroxylation sites is 3. The van der Waals surface area contributed by atoms with E-state index in [9.17, 15) is 10.1 Å². The lowest BCUT2D eigenvalue weighted by Crippen LogP contribution is -2.36. The highest BCUT2D eigenvalue weighted by atomic mass is 16.1. The average molecular weight is 539 g/mol. The molecule has 3 heterocycles. The van der Waals surface area contributed by atoms with E-state index in [2.05, 4.69) is 57.3 Å². The van der Waals surface area contributed by atoms with E-state index in [0.717, 1.165) is 71.8 Å². The van der Waals surface area contributed by atoms with E-state index >= 15 is 0 Å². The Hall–Kier alpha value is -4.93. The van der Waals surface area contributed by atoms with Gasteiger partial charge in [0.1, 0.15) is 5.84 Å². The van der Waals surface area contributed by atoms with E-state index in [1.807, 2.05) is 65.2 Å². The molecule has 0 saturated carbocycles. The number of H-pyrrole nitrogens is 1. The van der Waals surface area contributed by atoms with Crippen molar-refractivity contribution in [1.82, 2.24) is 14.5 Å². The van der Waals surface area contributed by atoms with E-state index in [4.69, 9.17) is 4.99 Å². The number of fused-ring (bicyclic) bond motifs is 2. The third-order valence-corrected chi connectivity index (χ3v) is 8.25. The molecule has 0 radical (unpaired) electrons. The van der Waals surface area contributed by atoms with Crippen LogP contribution in [0.4, 0.5) is 11.4 Å². The Balaban J connectivity index is 1.08. The highest BCUT2D eigenvalue weighted by molar-refractivity contribution is 6.12. The van der Waals surface area contributed by atoms with Gasteiger partial charge in [-0.25, -0.2) is 9.79 Å². The van der Waals surface area contributed by atoms with E-state index in [-0.39, 0.29) is 11.7 Å². The van der Waals surface area contributed by atoms with Gasteiger partial charge in [0.15, 0.2) is 0 Å². The first-order chi connectivity index (χ1) is 20.2. The molecule has 41 heavy (non-hydrogen) atoms. The maximum atomic E-state index is 12.7. The topological polar surface area (TPSA) is 80.4 Å². The van der Waals surface area contributed by atoms with E-state index in [1.165, 1.54) is 5.56 Å². The third kappa shape index (κ3) is 4.83. The molecule has 5 aromatic rings. The van der Waals surface area contributed by atoms with Gasteiger partial charge in [0.2, 0.25) is 0 Å². The van der Waals surface area contributed by atoms with Crippen LogP contribution in [-0.2, 0) is 13.1 Å². The zero-order chi connectivity index (χ0) is 27.8. The number of hydrogen-bond donors (Lipinski definition) is 1. The molecule has 202 valence electrons. The summed E-state index contributed by atoms with van der Waals surface area (Å²) in [5.41, 5.74) is 7.89. The highest BCUT2D eigenvalue weighted by Crippen LogP contribution is 2.32. The lowest BCUT2D eigenvalue weighted by Gasteiger charge is -2.33. The molecule has 0 bridgehead atoms. The highest BCUT2D eigenvalue weighted by Gasteiger charge is 2.25. The van der Waals surface area contributed by atoms with Gasteiger partial charge in [0, 0.05) is 36.9 Å². The van der Waals surface area contributed by atoms with Crippen molar-refractivity contribution in [2.45, 2.75) is 32.0 Å². The van der Waals surface area contributed by atoms with Crippen molar-refractivity contribution < 1.29 is 0 Å². The molecule has 1 fully saturated rings. The van der Waals surface area contributed by atoms with Crippen LogP contribution in [0.15, 0.2) is 107 Å². The fourth-order valence-corrected chi connectivity index (χ4v) is 6.14. The predicted molar refractivity (Wildman–Crippen MR) is 163 cm³/mol. The molecular formula is C34H30N6O. The van der Waals surface area contributed by atoms with Crippen molar-refractivity contribution in [3.8, 4) is 6.07 Å². The Bertz CT molecular complexity index is 1840. The van der Waals surface area contributed by atoms with Crippen LogP contribution in [-0.4, -0.2) is 33.4 Å². The first-order valence-corrected chi connectivity index (χ1v) is 14.1. The molecule has 1 N–H and O–H groups in total. The van der Waals surface area contributed by atoms with Crippen molar-refractivity contribution in [1.29, 1.82) is 5.26 Å². The van der Waals surface area contributed by atoms with E-state index in [1.54, 1.807) is 0 Å². The van der Waals surface area contributed by atoms with Gasteiger partial charge in [-0.15, -0.1) is 0 Å². The zero-order valence-corrected chi connectivity index (χ0v) is 22.7. The summed E-state index contributed by atoms with van der Waals surface area (Å²) in [5, 5.41) is 9.38. The van der Waals surface area contributed by atoms with Crippen LogP contribution in [0.25, 0.3) is 11.0 Å². The summed E-state index contributed by atoms with van der Waals surface area (Å²) < 4.78 is 1.95. The number of nitriles is 1. The third-order valence-electron chi connectivity index (χ3n) is 8.25. The van der Waals surface area contributed by atoms with Gasteiger partial charge >= 0.3 is 5.69 Å². The molecule has 7 nitrogen and oxygen atoms in total. The first kappa shape index (κ1) is 25.1. The predicted octanol–water partition coefficient (Wildman–Crippen LogP) is 6.14. The second kappa shape index (κ2) is 10.6. The smallest absolute Gasteiger partial charge is 0.321 e. The number of amidine groups is 1. The van der Waals surface area contributed by atoms with E-state index < -0.39 is 0 Å². The van der Waals surface area contributed by atoms with Crippen LogP contribution in [0.5, 0.6) is 0 Å². The maximum Gasteiger partial charge on any atom is 0.326 e. The number of aliphatic imine (C=N–C) groups is 1. The molecule has 2 aliphatic rings. The molecule has 4 aromatic carbocycles. The van der Waals surface area contributed by atoms with Crippen molar-refractivity contribution in [3.63, 3.8) is 0 Å². The molecule has 7 rings (SSSR count). The fraction of sp³-hybridized carbons (Fsp3) is 0.206. The minimum absolute atomic E-state index is 0.0106. The monoisotopic (exact) mass is 538 g/mol. The van der Waals surface area contributed by atoms with Crippen LogP contribution in [0, 0.1) is 11.3 Å². The SMILES string of the molecule is N#Cc1ccc2c(c1)CN(c1ccccc1)C(c1ccc(CN3CCC(n4c(=O)[nH]c5ccccc54)CC3)cc1)=N2. The van der Waals surface area contributed by atoms with E-state index in [0.29, 0.717) is 12.1 Å². The molecule has 7 heteroatoms. The molecule has 0 aliphatic carbocycles. The lowest BCUT2D eigenvalue weighted by molar-refractivity contribution is 0.180. The summed E-state index contributed by atoms with van der Waals surface area (Å²) in [6.45, 7) is 3.44. The summed E-state index contributed by atoms with van der Waals surface area (Å²) in [7, 11) is 0. The second-order valence-electron chi connectivity index (χ2n) is 10.8. The van der Waals surface area contributed by atoms with Crippen molar-refractivity contribution in [2.75, 3.05) is 18.0 Å². The second-order valence-corrected chi connectivity index (χ2v) is 10.8. The number of aromatic nitrogens is 2. The number of anilines is 1. The molecule has 0 amide bonds. The molecule has 1 aromatic heterocycles. The summed E-state index contributed by atoms with van der Waals surface area (Å²) in [6, 6.07) is 35.1. The number of likely N-dealkylation sites (tertiary alicyclic amines) is 1. The quantitative estimate of drug-likeness (QED) is 0.292. The Morgan fingerprint density at radius 1 is 0.902 bits per heavy atom. The van der Waals surface area contributed by atoms with Crippen LogP contribution in [0.3, 0.4) is 0 Å². The standard InChI is InChI=1S/C34H30N6O/c35-21-25-12-15-30-27(20-25)23-39(28-6-2-1-3-7-28)33(36-30)26-13-10-24(11-14-26)22-38-18-16-29(17-19-38)40-32-9-5-4-8-31(32)37-34(40)41/h1-15,20,29H,16-19,22-23H2,(H,37,41). The van der Waals surface area contributed by atoms with Gasteiger partial charge in [-0.1, -0.05) is 54.6 Å². The average Bonchev–Trinajstić information content (AvgIpc) is 3.37. The van der Waals surface area contributed by atoms with Gasteiger partial charge in [0.25, 0.3) is 0 Å².